The number of aryl methyl sites for hydroxylation is 2. The summed E-state index contributed by atoms with van der Waals surface area (Å²) < 4.78 is 24.7. The summed E-state index contributed by atoms with van der Waals surface area (Å²) in [4.78, 5) is 12.2. The highest BCUT2D eigenvalue weighted by molar-refractivity contribution is 9.11. The van der Waals surface area contributed by atoms with Gasteiger partial charge in [-0.05, 0) is 60.0 Å². The van der Waals surface area contributed by atoms with Gasteiger partial charge in [0.1, 0.15) is 20.2 Å². The fourth-order valence-corrected chi connectivity index (χ4v) is 3.77. The Kier molecular flexibility index (Phi) is 4.68. The Morgan fingerprint density at radius 3 is 2.29 bits per heavy atom. The molecule has 0 radical (unpaired) electrons. The topological polar surface area (TPSA) is 35.5 Å². The molecule has 0 spiro atoms. The van der Waals surface area contributed by atoms with Gasteiger partial charge in [0.05, 0.1) is 7.11 Å². The van der Waals surface area contributed by atoms with Gasteiger partial charge in [0.2, 0.25) is 0 Å². The normalized spacial score (nSPS) is 10.6. The van der Waals surface area contributed by atoms with Crippen molar-refractivity contribution < 1.29 is 18.7 Å². The second-order valence-corrected chi connectivity index (χ2v) is 6.96. The zero-order valence-corrected chi connectivity index (χ0v) is 14.4. The first-order chi connectivity index (χ1) is 9.85. The highest BCUT2D eigenvalue weighted by Gasteiger charge is 2.22. The molecule has 0 saturated carbocycles. The molecule has 2 rings (SSSR count). The Morgan fingerprint density at radius 1 is 1.19 bits per heavy atom. The summed E-state index contributed by atoms with van der Waals surface area (Å²) in [6, 6.07) is 2.83. The average Bonchev–Trinajstić information content (AvgIpc) is 2.69. The smallest absolute Gasteiger partial charge is 0.348 e. The van der Waals surface area contributed by atoms with E-state index in [1.807, 2.05) is 0 Å². The predicted octanol–water partition coefficient (Wildman–Crippen LogP) is 5.15. The standard InChI is InChI=1S/C15H14BrFO3S/c1-7-5-10(17)6-8(2)11(7)20-12-9(3)13(15(18)19-4)21-14(12)16/h5-6H,1-4H3. The molecule has 112 valence electrons. The zero-order valence-electron chi connectivity index (χ0n) is 12.0. The van der Waals surface area contributed by atoms with Crippen LogP contribution in [0.1, 0.15) is 26.4 Å². The number of rotatable bonds is 3. The van der Waals surface area contributed by atoms with E-state index in [1.54, 1.807) is 20.8 Å². The largest absolute Gasteiger partial charge is 0.465 e. The third-order valence-corrected chi connectivity index (χ3v) is 4.94. The molecule has 6 heteroatoms. The molecule has 0 atom stereocenters. The Labute approximate surface area is 134 Å². The summed E-state index contributed by atoms with van der Waals surface area (Å²) in [5.74, 6) is 0.446. The maximum Gasteiger partial charge on any atom is 0.348 e. The van der Waals surface area contributed by atoms with Crippen LogP contribution in [0, 0.1) is 26.6 Å². The van der Waals surface area contributed by atoms with E-state index in [-0.39, 0.29) is 5.82 Å². The fraction of sp³-hybridized carbons (Fsp3) is 0.267. The van der Waals surface area contributed by atoms with Gasteiger partial charge in [-0.3, -0.25) is 0 Å². The third kappa shape index (κ3) is 3.11. The molecule has 0 bridgehead atoms. The lowest BCUT2D eigenvalue weighted by Crippen LogP contribution is -2.00. The van der Waals surface area contributed by atoms with Crippen LogP contribution in [0.25, 0.3) is 0 Å². The van der Waals surface area contributed by atoms with Gasteiger partial charge in [0.15, 0.2) is 5.75 Å². The van der Waals surface area contributed by atoms with Crippen molar-refractivity contribution in [3.8, 4) is 11.5 Å². The molecular formula is C15H14BrFO3S. The van der Waals surface area contributed by atoms with Gasteiger partial charge >= 0.3 is 5.97 Å². The number of esters is 1. The average molecular weight is 373 g/mol. The predicted molar refractivity (Wildman–Crippen MR) is 84.0 cm³/mol. The number of ether oxygens (including phenoxy) is 2. The first kappa shape index (κ1) is 16.0. The fourth-order valence-electron chi connectivity index (χ4n) is 2.03. The second-order valence-electron chi connectivity index (χ2n) is 4.62. The Hall–Kier alpha value is -1.40. The number of hydrogen-bond acceptors (Lipinski definition) is 4. The number of carbonyl (C=O) groups excluding carboxylic acids is 1. The van der Waals surface area contributed by atoms with Crippen LogP contribution in [0.5, 0.6) is 11.5 Å². The molecule has 0 aliphatic rings. The minimum absolute atomic E-state index is 0.297. The number of benzene rings is 1. The molecule has 0 aliphatic carbocycles. The van der Waals surface area contributed by atoms with Crippen LogP contribution < -0.4 is 4.74 Å². The molecule has 0 N–H and O–H groups in total. The van der Waals surface area contributed by atoms with E-state index in [2.05, 4.69) is 15.9 Å². The van der Waals surface area contributed by atoms with Crippen LogP contribution in [0.4, 0.5) is 4.39 Å². The maximum absolute atomic E-state index is 13.3. The second kappa shape index (κ2) is 6.15. The highest BCUT2D eigenvalue weighted by Crippen LogP contribution is 2.43. The highest BCUT2D eigenvalue weighted by atomic mass is 79.9. The van der Waals surface area contributed by atoms with E-state index in [1.165, 1.54) is 30.6 Å². The first-order valence-corrected chi connectivity index (χ1v) is 7.78. The minimum atomic E-state index is -0.402. The summed E-state index contributed by atoms with van der Waals surface area (Å²) in [5, 5.41) is 0. The van der Waals surface area contributed by atoms with E-state index < -0.39 is 5.97 Å². The molecule has 1 heterocycles. The van der Waals surface area contributed by atoms with Gasteiger partial charge in [-0.15, -0.1) is 11.3 Å². The van der Waals surface area contributed by atoms with E-state index in [9.17, 15) is 9.18 Å². The summed E-state index contributed by atoms with van der Waals surface area (Å²) >= 11 is 4.65. The van der Waals surface area contributed by atoms with Crippen molar-refractivity contribution in [2.24, 2.45) is 0 Å². The first-order valence-electron chi connectivity index (χ1n) is 6.17. The maximum atomic E-state index is 13.3. The molecule has 0 fully saturated rings. The zero-order chi connectivity index (χ0) is 15.7. The molecule has 21 heavy (non-hydrogen) atoms. The number of hydrogen-bond donors (Lipinski definition) is 0. The van der Waals surface area contributed by atoms with Crippen LogP contribution in [-0.4, -0.2) is 13.1 Å². The number of halogens is 2. The van der Waals surface area contributed by atoms with Crippen molar-refractivity contribution >= 4 is 33.2 Å². The molecule has 0 amide bonds. The summed E-state index contributed by atoms with van der Waals surface area (Å²) in [7, 11) is 1.34. The van der Waals surface area contributed by atoms with Crippen LogP contribution >= 0.6 is 27.3 Å². The quantitative estimate of drug-likeness (QED) is 0.698. The van der Waals surface area contributed by atoms with Crippen molar-refractivity contribution in [1.29, 1.82) is 0 Å². The van der Waals surface area contributed by atoms with Gasteiger partial charge in [-0.1, -0.05) is 0 Å². The molecular weight excluding hydrogens is 359 g/mol. The molecule has 1 aromatic carbocycles. The van der Waals surface area contributed by atoms with Gasteiger partial charge in [-0.25, -0.2) is 9.18 Å². The summed E-state index contributed by atoms with van der Waals surface area (Å²) in [6.45, 7) is 5.35. The Morgan fingerprint density at radius 2 is 1.76 bits per heavy atom. The van der Waals surface area contributed by atoms with E-state index in [4.69, 9.17) is 9.47 Å². The van der Waals surface area contributed by atoms with Gasteiger partial charge in [0, 0.05) is 5.56 Å². The van der Waals surface area contributed by atoms with E-state index >= 15 is 0 Å². The molecule has 0 saturated heterocycles. The molecule has 2 aromatic rings. The third-order valence-electron chi connectivity index (χ3n) is 3.05. The monoisotopic (exact) mass is 372 g/mol. The van der Waals surface area contributed by atoms with E-state index in [0.29, 0.717) is 36.9 Å². The van der Waals surface area contributed by atoms with Crippen molar-refractivity contribution in [2.75, 3.05) is 7.11 Å². The molecule has 0 aliphatic heterocycles. The van der Waals surface area contributed by atoms with Crippen LogP contribution in [0.15, 0.2) is 15.9 Å². The Balaban J connectivity index is 2.46. The lowest BCUT2D eigenvalue weighted by atomic mass is 10.1. The van der Waals surface area contributed by atoms with Gasteiger partial charge < -0.3 is 9.47 Å². The molecule has 0 unspecified atom stereocenters. The van der Waals surface area contributed by atoms with Crippen LogP contribution in [-0.2, 0) is 4.74 Å². The lowest BCUT2D eigenvalue weighted by Gasteiger charge is -2.12. The summed E-state index contributed by atoms with van der Waals surface area (Å²) in [5.41, 5.74) is 2.09. The van der Waals surface area contributed by atoms with Crippen molar-refractivity contribution in [1.82, 2.24) is 0 Å². The van der Waals surface area contributed by atoms with E-state index in [0.717, 1.165) is 0 Å². The minimum Gasteiger partial charge on any atom is -0.465 e. The number of methoxy groups -OCH3 is 1. The SMILES string of the molecule is COC(=O)c1sc(Br)c(Oc2c(C)cc(F)cc2C)c1C. The lowest BCUT2D eigenvalue weighted by molar-refractivity contribution is 0.0605. The van der Waals surface area contributed by atoms with Crippen molar-refractivity contribution in [2.45, 2.75) is 20.8 Å². The van der Waals surface area contributed by atoms with Crippen LogP contribution in [0.3, 0.4) is 0 Å². The van der Waals surface area contributed by atoms with Crippen molar-refractivity contribution in [3.05, 3.63) is 43.3 Å². The van der Waals surface area contributed by atoms with Crippen LogP contribution in [0.2, 0.25) is 0 Å². The number of thiophene rings is 1. The van der Waals surface area contributed by atoms with Crippen molar-refractivity contribution in [3.63, 3.8) is 0 Å². The molecule has 3 nitrogen and oxygen atoms in total. The molecule has 1 aromatic heterocycles. The summed E-state index contributed by atoms with van der Waals surface area (Å²) in [6.07, 6.45) is 0. The van der Waals surface area contributed by atoms with Gasteiger partial charge in [0.25, 0.3) is 0 Å². The Bertz CT molecular complexity index is 686. The number of carbonyl (C=O) groups is 1. The van der Waals surface area contributed by atoms with Gasteiger partial charge in [-0.2, -0.15) is 0 Å².